The zero-order valence-corrected chi connectivity index (χ0v) is 10.8. The lowest BCUT2D eigenvalue weighted by Crippen LogP contribution is -2.41. The van der Waals surface area contributed by atoms with E-state index in [-0.39, 0.29) is 10.5 Å². The van der Waals surface area contributed by atoms with Gasteiger partial charge in [0.15, 0.2) is 0 Å². The fourth-order valence-corrected chi connectivity index (χ4v) is 6.73. The highest BCUT2D eigenvalue weighted by Gasteiger charge is 2.66. The van der Waals surface area contributed by atoms with Crippen molar-refractivity contribution in [3.05, 3.63) is 12.2 Å². The molecule has 5 atom stereocenters. The summed E-state index contributed by atoms with van der Waals surface area (Å²) in [5, 5.41) is -0.453. The largest absolute Gasteiger partial charge is 0.455 e. The van der Waals surface area contributed by atoms with Gasteiger partial charge in [0.1, 0.15) is 17.5 Å². The van der Waals surface area contributed by atoms with Gasteiger partial charge in [0.05, 0.1) is 5.25 Å². The van der Waals surface area contributed by atoms with E-state index in [9.17, 15) is 13.2 Å². The molecule has 0 aromatic heterocycles. The van der Waals surface area contributed by atoms with Crippen LogP contribution < -0.4 is 0 Å². The second-order valence-corrected chi connectivity index (χ2v) is 7.82. The molecule has 0 aliphatic carbocycles. The van der Waals surface area contributed by atoms with E-state index in [0.717, 1.165) is 0 Å². The van der Waals surface area contributed by atoms with E-state index >= 15 is 0 Å². The third-order valence-corrected chi connectivity index (χ3v) is 7.00. The van der Waals surface area contributed by atoms with Crippen molar-refractivity contribution in [2.75, 3.05) is 0 Å². The van der Waals surface area contributed by atoms with E-state index in [1.165, 1.54) is 0 Å². The number of thioether (sulfide) groups is 1. The quantitative estimate of drug-likeness (QED) is 0.414. The van der Waals surface area contributed by atoms with E-state index in [4.69, 9.17) is 8.92 Å². The SMILES string of the molecule is C=C(C)C(=O)OC1C2CC3C(S2)C1OS3(=O)=O. The van der Waals surface area contributed by atoms with Crippen molar-refractivity contribution >= 4 is 27.8 Å². The van der Waals surface area contributed by atoms with Crippen LogP contribution in [0, 0.1) is 0 Å². The fourth-order valence-electron chi connectivity index (χ4n) is 2.59. The van der Waals surface area contributed by atoms with Crippen LogP contribution in [0.2, 0.25) is 0 Å². The lowest BCUT2D eigenvalue weighted by molar-refractivity contribution is -0.148. The molecule has 0 amide bonds. The first kappa shape index (κ1) is 11.6. The molecule has 3 rings (SSSR count). The molecule has 0 radical (unpaired) electrons. The molecule has 3 heterocycles. The van der Waals surface area contributed by atoms with Crippen LogP contribution in [0.1, 0.15) is 13.3 Å². The van der Waals surface area contributed by atoms with Crippen LogP contribution in [-0.2, 0) is 23.8 Å². The Morgan fingerprint density at radius 1 is 1.53 bits per heavy atom. The van der Waals surface area contributed by atoms with Crippen LogP contribution in [-0.4, -0.2) is 42.3 Å². The molecule has 5 nitrogen and oxygen atoms in total. The standard InChI is InChI=1S/C10H12O5S2/c1-4(2)10(11)14-7-5-3-6-9(16-5)8(7)15-17(6,12)13/h5-9H,1,3H2,2H3. The Kier molecular flexibility index (Phi) is 2.37. The summed E-state index contributed by atoms with van der Waals surface area (Å²) in [7, 11) is -3.45. The lowest BCUT2D eigenvalue weighted by atomic mass is 9.94. The molecule has 3 aliphatic heterocycles. The zero-order chi connectivity index (χ0) is 12.4. The van der Waals surface area contributed by atoms with E-state index in [1.807, 2.05) is 0 Å². The zero-order valence-electron chi connectivity index (χ0n) is 9.16. The van der Waals surface area contributed by atoms with Crippen LogP contribution in [0.15, 0.2) is 12.2 Å². The minimum absolute atomic E-state index is 0.0376. The molecule has 2 bridgehead atoms. The number of esters is 1. The van der Waals surface area contributed by atoms with Gasteiger partial charge in [-0.1, -0.05) is 6.58 Å². The van der Waals surface area contributed by atoms with Gasteiger partial charge >= 0.3 is 5.97 Å². The number of rotatable bonds is 2. The molecule has 94 valence electrons. The van der Waals surface area contributed by atoms with Crippen molar-refractivity contribution < 1.29 is 22.1 Å². The molecule has 0 aromatic carbocycles. The Labute approximate surface area is 104 Å². The smallest absolute Gasteiger partial charge is 0.333 e. The molecule has 3 fully saturated rings. The molecular weight excluding hydrogens is 264 g/mol. The number of hydrogen-bond donors (Lipinski definition) is 0. The number of carbonyl (C=O) groups is 1. The molecule has 3 aliphatic rings. The molecule has 5 unspecified atom stereocenters. The summed E-state index contributed by atoms with van der Waals surface area (Å²) in [5.41, 5.74) is 0.315. The van der Waals surface area contributed by atoms with Gasteiger partial charge in [-0.3, -0.25) is 4.18 Å². The topological polar surface area (TPSA) is 69.7 Å². The van der Waals surface area contributed by atoms with Crippen LogP contribution in [0.5, 0.6) is 0 Å². The van der Waals surface area contributed by atoms with Gasteiger partial charge in [0.2, 0.25) is 0 Å². The Morgan fingerprint density at radius 2 is 2.24 bits per heavy atom. The average molecular weight is 276 g/mol. The van der Waals surface area contributed by atoms with E-state index < -0.39 is 33.5 Å². The number of ether oxygens (including phenoxy) is 1. The van der Waals surface area contributed by atoms with Gasteiger partial charge < -0.3 is 4.74 Å². The highest BCUT2D eigenvalue weighted by Crippen LogP contribution is 2.55. The molecule has 0 N–H and O–H groups in total. The Balaban J connectivity index is 1.83. The summed E-state index contributed by atoms with van der Waals surface area (Å²) >= 11 is 1.56. The predicted molar refractivity (Wildman–Crippen MR) is 62.1 cm³/mol. The average Bonchev–Trinajstić information content (AvgIpc) is 2.81. The second kappa shape index (κ2) is 3.49. The summed E-state index contributed by atoms with van der Waals surface area (Å²) in [4.78, 5) is 11.5. The third-order valence-electron chi connectivity index (χ3n) is 3.38. The van der Waals surface area contributed by atoms with Gasteiger partial charge in [-0.15, -0.1) is 11.8 Å². The Hall–Kier alpha value is -0.530. The predicted octanol–water partition coefficient (Wildman–Crippen LogP) is 0.459. The highest BCUT2D eigenvalue weighted by atomic mass is 32.2. The van der Waals surface area contributed by atoms with Crippen molar-refractivity contribution in [1.29, 1.82) is 0 Å². The molecule has 0 saturated carbocycles. The van der Waals surface area contributed by atoms with Gasteiger partial charge in [-0.05, 0) is 13.3 Å². The second-order valence-electron chi connectivity index (χ2n) is 4.62. The summed E-state index contributed by atoms with van der Waals surface area (Å²) in [6.45, 7) is 5.08. The van der Waals surface area contributed by atoms with Gasteiger partial charge in [-0.2, -0.15) is 8.42 Å². The van der Waals surface area contributed by atoms with Crippen molar-refractivity contribution in [3.63, 3.8) is 0 Å². The first-order valence-corrected chi connectivity index (χ1v) is 7.75. The first-order valence-electron chi connectivity index (χ1n) is 5.34. The third kappa shape index (κ3) is 1.56. The summed E-state index contributed by atoms with van der Waals surface area (Å²) in [6, 6.07) is 0. The maximum atomic E-state index is 11.7. The van der Waals surface area contributed by atoms with Crippen molar-refractivity contribution in [2.24, 2.45) is 0 Å². The first-order chi connectivity index (χ1) is 7.90. The molecule has 0 aromatic rings. The fraction of sp³-hybridized carbons (Fsp3) is 0.700. The molecule has 17 heavy (non-hydrogen) atoms. The van der Waals surface area contributed by atoms with Gasteiger partial charge in [0, 0.05) is 10.8 Å². The maximum Gasteiger partial charge on any atom is 0.333 e. The van der Waals surface area contributed by atoms with Crippen molar-refractivity contribution in [3.8, 4) is 0 Å². The summed E-state index contributed by atoms with van der Waals surface area (Å²) in [6.07, 6.45) is -0.442. The van der Waals surface area contributed by atoms with E-state index in [2.05, 4.69) is 6.58 Å². The van der Waals surface area contributed by atoms with Crippen LogP contribution in [0.4, 0.5) is 0 Å². The lowest BCUT2D eigenvalue weighted by Gasteiger charge is -2.23. The monoisotopic (exact) mass is 276 g/mol. The van der Waals surface area contributed by atoms with Gasteiger partial charge in [-0.25, -0.2) is 4.79 Å². The Bertz CT molecular complexity index is 497. The minimum Gasteiger partial charge on any atom is -0.455 e. The number of fused-ring (bicyclic) bond motifs is 1. The van der Waals surface area contributed by atoms with Crippen LogP contribution >= 0.6 is 11.8 Å². The summed E-state index contributed by atoms with van der Waals surface area (Å²) < 4.78 is 33.6. The summed E-state index contributed by atoms with van der Waals surface area (Å²) in [5.74, 6) is -0.479. The van der Waals surface area contributed by atoms with Gasteiger partial charge in [0.25, 0.3) is 10.1 Å². The van der Waals surface area contributed by atoms with Crippen LogP contribution in [0.3, 0.4) is 0 Å². The number of carbonyl (C=O) groups excluding carboxylic acids is 1. The normalized spacial score (nSPS) is 44.9. The molecular formula is C10H12O5S2. The van der Waals surface area contributed by atoms with E-state index in [0.29, 0.717) is 12.0 Å². The maximum absolute atomic E-state index is 11.7. The number of hydrogen-bond acceptors (Lipinski definition) is 6. The van der Waals surface area contributed by atoms with Crippen molar-refractivity contribution in [1.82, 2.24) is 0 Å². The molecule has 3 saturated heterocycles. The van der Waals surface area contributed by atoms with E-state index in [1.54, 1.807) is 18.7 Å². The molecule has 7 heteroatoms. The minimum atomic E-state index is -3.45. The van der Waals surface area contributed by atoms with Crippen LogP contribution in [0.25, 0.3) is 0 Å². The Morgan fingerprint density at radius 3 is 2.88 bits per heavy atom. The highest BCUT2D eigenvalue weighted by molar-refractivity contribution is 8.03. The molecule has 0 spiro atoms. The van der Waals surface area contributed by atoms with Crippen molar-refractivity contribution in [2.45, 2.75) is 41.3 Å².